The summed E-state index contributed by atoms with van der Waals surface area (Å²) >= 11 is 1.56. The summed E-state index contributed by atoms with van der Waals surface area (Å²) in [5.41, 5.74) is 1.10. The summed E-state index contributed by atoms with van der Waals surface area (Å²) in [6.45, 7) is 14.3. The van der Waals surface area contributed by atoms with Crippen LogP contribution in [0.15, 0.2) is 78.9 Å². The lowest BCUT2D eigenvalue weighted by Crippen LogP contribution is -2.69. The molecule has 23 nitrogen and oxygen atoms in total. The highest BCUT2D eigenvalue weighted by atomic mass is 32.2. The average molecular weight is 1190 g/mol. The molecule has 24 heteroatoms. The van der Waals surface area contributed by atoms with E-state index >= 15 is 0 Å². The minimum absolute atomic E-state index is 0.0186. The highest BCUT2D eigenvalue weighted by Crippen LogP contribution is 2.50. The summed E-state index contributed by atoms with van der Waals surface area (Å²) in [6, 6.07) is 17.1. The number of phenolic OH excluding ortho intramolecular Hbond substituents is 1. The van der Waals surface area contributed by atoms with Crippen LogP contribution < -0.4 is 50.8 Å². The van der Waals surface area contributed by atoms with E-state index in [-0.39, 0.29) is 120 Å². The molecule has 0 bridgehead atoms. The summed E-state index contributed by atoms with van der Waals surface area (Å²) in [5.74, 6) is -7.91. The standard InChI is InChI=1S/C61H73N7O16S/c1-34-16-10-17-43(35(34)2)54(76)62-31-13-28-61(29-14-32-63-55(77)44-18-11-20-46(81-37(4)69)52(44)83-39(6)71,30-15-33-64-56(78)45-19-12-21-47(82-38(5)70)53(45)84-40(7)72)67-49(75)27-26-48(74)65-50(41-22-24-42(73)25-23-41)57(79)66-51-58(80)68-36(3)60(8,9)85-59(51)68/h10-12,16-25,36,50-51,59,73H,13-15,26-33H2,1-9H3,(H,62,76)(H,63,77)(H,64,78)(H,65,74)(H,66,79)(H,67,75). The van der Waals surface area contributed by atoms with Gasteiger partial charge in [-0.1, -0.05) is 36.4 Å². The lowest BCUT2D eigenvalue weighted by molar-refractivity contribution is -0.151. The minimum atomic E-state index is -1.33. The van der Waals surface area contributed by atoms with E-state index in [1.54, 1.807) is 28.8 Å². The Morgan fingerprint density at radius 3 is 1.55 bits per heavy atom. The predicted molar refractivity (Wildman–Crippen MR) is 312 cm³/mol. The Labute approximate surface area is 496 Å². The van der Waals surface area contributed by atoms with Crippen LogP contribution in [-0.4, -0.2) is 123 Å². The summed E-state index contributed by atoms with van der Waals surface area (Å²) in [6.07, 6.45) is 0.375. The Hall–Kier alpha value is -8.80. The summed E-state index contributed by atoms with van der Waals surface area (Å²) < 4.78 is 20.8. The molecular weight excluding hydrogens is 1120 g/mol. The van der Waals surface area contributed by atoms with E-state index in [4.69, 9.17) is 18.9 Å². The Morgan fingerprint density at radius 1 is 0.624 bits per heavy atom. The molecule has 2 heterocycles. The molecule has 0 spiro atoms. The number of aromatic hydroxyl groups is 1. The number of nitrogens with one attached hydrogen (secondary N) is 6. The Bertz CT molecular complexity index is 3120. The van der Waals surface area contributed by atoms with Gasteiger partial charge in [-0.05, 0) is 132 Å². The molecule has 4 unspecified atom stereocenters. The number of para-hydroxylation sites is 2. The molecule has 85 heavy (non-hydrogen) atoms. The molecule has 2 fully saturated rings. The zero-order chi connectivity index (χ0) is 62.3. The molecule has 2 aliphatic rings. The fourth-order valence-corrected chi connectivity index (χ4v) is 11.7. The molecule has 0 saturated carbocycles. The lowest BCUT2D eigenvalue weighted by atomic mass is 9.83. The van der Waals surface area contributed by atoms with Gasteiger partial charge in [-0.25, -0.2) is 0 Å². The van der Waals surface area contributed by atoms with Gasteiger partial charge < -0.3 is 60.9 Å². The van der Waals surface area contributed by atoms with Gasteiger partial charge in [0.1, 0.15) is 23.2 Å². The molecule has 2 aliphatic heterocycles. The van der Waals surface area contributed by atoms with Crippen LogP contribution in [0.2, 0.25) is 0 Å². The number of hydrogen-bond acceptors (Lipinski definition) is 17. The van der Waals surface area contributed by atoms with Crippen LogP contribution in [0.3, 0.4) is 0 Å². The Kier molecular flexibility index (Phi) is 22.4. The van der Waals surface area contributed by atoms with E-state index in [2.05, 4.69) is 31.9 Å². The number of aryl methyl sites for hydroxylation is 1. The molecule has 7 N–H and O–H groups in total. The second-order valence-electron chi connectivity index (χ2n) is 21.4. The maximum absolute atomic E-state index is 14.4. The molecule has 454 valence electrons. The summed E-state index contributed by atoms with van der Waals surface area (Å²) in [5, 5.41) is 27.0. The van der Waals surface area contributed by atoms with Gasteiger partial charge in [0.2, 0.25) is 23.6 Å². The van der Waals surface area contributed by atoms with Crippen LogP contribution in [0.4, 0.5) is 0 Å². The van der Waals surface area contributed by atoms with E-state index in [0.29, 0.717) is 17.5 Å². The van der Waals surface area contributed by atoms with Crippen molar-refractivity contribution in [3.05, 3.63) is 112 Å². The molecule has 4 aromatic rings. The van der Waals surface area contributed by atoms with Crippen molar-refractivity contribution < 1.29 is 76.8 Å². The van der Waals surface area contributed by atoms with Crippen LogP contribution in [0.5, 0.6) is 28.7 Å². The van der Waals surface area contributed by atoms with Gasteiger partial charge >= 0.3 is 23.9 Å². The van der Waals surface area contributed by atoms with Gasteiger partial charge in [-0.2, -0.15) is 0 Å². The van der Waals surface area contributed by atoms with Gasteiger partial charge in [-0.15, -0.1) is 11.8 Å². The number of phenols is 1. The highest BCUT2D eigenvalue weighted by molar-refractivity contribution is 8.01. The first kappa shape index (κ1) is 65.4. The third-order valence-electron chi connectivity index (χ3n) is 14.7. The largest absolute Gasteiger partial charge is 0.508 e. The minimum Gasteiger partial charge on any atom is -0.508 e. The predicted octanol–water partition coefficient (Wildman–Crippen LogP) is 5.70. The third-order valence-corrected chi connectivity index (χ3v) is 16.3. The number of carbonyl (C=O) groups excluding carboxylic acids is 11. The number of hydrogen-bond donors (Lipinski definition) is 7. The van der Waals surface area contributed by atoms with Gasteiger partial charge in [0, 0.05) is 82.1 Å². The van der Waals surface area contributed by atoms with Crippen molar-refractivity contribution in [1.82, 2.24) is 36.8 Å². The van der Waals surface area contributed by atoms with Crippen LogP contribution >= 0.6 is 11.8 Å². The molecule has 0 radical (unpaired) electrons. The van der Waals surface area contributed by atoms with Gasteiger partial charge in [0.15, 0.2) is 23.0 Å². The maximum Gasteiger partial charge on any atom is 0.308 e. The normalized spacial score (nSPS) is 16.0. The van der Waals surface area contributed by atoms with E-state index in [1.807, 2.05) is 40.7 Å². The van der Waals surface area contributed by atoms with E-state index in [9.17, 15) is 57.8 Å². The number of amides is 7. The van der Waals surface area contributed by atoms with Crippen molar-refractivity contribution in [2.24, 2.45) is 0 Å². The molecule has 2 saturated heterocycles. The molecular formula is C61H73N7O16S. The average Bonchev–Trinajstić information content (AvgIpc) is 2.87. The van der Waals surface area contributed by atoms with E-state index in [1.165, 1.54) is 60.7 Å². The summed E-state index contributed by atoms with van der Waals surface area (Å²) in [4.78, 5) is 147. The number of ether oxygens (including phenoxy) is 4. The fourth-order valence-electron chi connectivity index (χ4n) is 10.0. The van der Waals surface area contributed by atoms with E-state index in [0.717, 1.165) is 38.8 Å². The van der Waals surface area contributed by atoms with Crippen LogP contribution in [-0.2, 0) is 38.4 Å². The number of carbonyl (C=O) groups is 11. The Balaban J connectivity index is 1.24. The number of esters is 4. The second-order valence-corrected chi connectivity index (χ2v) is 23.2. The summed E-state index contributed by atoms with van der Waals surface area (Å²) in [7, 11) is 0. The van der Waals surface area contributed by atoms with Crippen LogP contribution in [0.25, 0.3) is 0 Å². The monoisotopic (exact) mass is 1190 g/mol. The number of thioether (sulfide) groups is 1. The first-order valence-electron chi connectivity index (χ1n) is 27.8. The molecule has 4 aromatic carbocycles. The second kappa shape index (κ2) is 29.1. The van der Waals surface area contributed by atoms with Crippen molar-refractivity contribution in [3.63, 3.8) is 0 Å². The van der Waals surface area contributed by atoms with Crippen molar-refractivity contribution in [3.8, 4) is 28.7 Å². The zero-order valence-corrected chi connectivity index (χ0v) is 49.8. The molecule has 0 aromatic heterocycles. The van der Waals surface area contributed by atoms with Crippen LogP contribution in [0, 0.1) is 13.8 Å². The zero-order valence-electron chi connectivity index (χ0n) is 49.0. The number of nitrogens with zero attached hydrogens (tertiary/aromatic N) is 1. The van der Waals surface area contributed by atoms with Crippen LogP contribution in [0.1, 0.15) is 154 Å². The molecule has 7 amide bonds. The number of rotatable bonds is 27. The third kappa shape index (κ3) is 17.4. The van der Waals surface area contributed by atoms with Crippen molar-refractivity contribution >= 4 is 77.0 Å². The Morgan fingerprint density at radius 2 is 1.07 bits per heavy atom. The van der Waals surface area contributed by atoms with Gasteiger partial charge in [0.05, 0.1) is 11.1 Å². The van der Waals surface area contributed by atoms with Crippen molar-refractivity contribution in [2.75, 3.05) is 19.6 Å². The van der Waals surface area contributed by atoms with Crippen molar-refractivity contribution in [1.29, 1.82) is 0 Å². The highest BCUT2D eigenvalue weighted by Gasteiger charge is 2.60. The fraction of sp³-hybridized carbons (Fsp3) is 0.426. The first-order valence-corrected chi connectivity index (χ1v) is 28.7. The van der Waals surface area contributed by atoms with Crippen molar-refractivity contribution in [2.45, 2.75) is 147 Å². The number of benzene rings is 4. The first-order chi connectivity index (χ1) is 40.2. The quantitative estimate of drug-likeness (QED) is 0.0163. The number of fused-ring (bicyclic) bond motifs is 1. The lowest BCUT2D eigenvalue weighted by Gasteiger charge is -2.44. The molecule has 0 aliphatic carbocycles. The molecule has 6 rings (SSSR count). The van der Waals surface area contributed by atoms with Gasteiger partial charge in [-0.3, -0.25) is 52.7 Å². The SMILES string of the molecule is CC(=O)Oc1cccc(C(=O)NCCCC(CCCNC(=O)c2cccc(C)c2C)(CCCNC(=O)c2cccc(OC(C)=O)c2OC(C)=O)NC(=O)CCC(=O)NC(C(=O)NC2C(=O)N3C2SC(C)(C)C3C)c2ccc(O)cc2)c1OC(C)=O. The van der Waals surface area contributed by atoms with Gasteiger partial charge in [0.25, 0.3) is 17.7 Å². The van der Waals surface area contributed by atoms with E-state index < -0.39 is 83.9 Å². The molecule has 4 atom stereocenters. The topological polar surface area (TPSA) is 320 Å². The number of β-lactam (4-membered cyclic amide) rings is 1. The maximum atomic E-state index is 14.4. The smallest absolute Gasteiger partial charge is 0.308 e.